The first kappa shape index (κ1) is 11.6. The van der Waals surface area contributed by atoms with Gasteiger partial charge in [0, 0.05) is 0 Å². The molecule has 0 aromatic heterocycles. The Morgan fingerprint density at radius 3 is 2.15 bits per heavy atom. The third-order valence-corrected chi connectivity index (χ3v) is 1.73. The lowest BCUT2D eigenvalue weighted by atomic mass is 10.1. The summed E-state index contributed by atoms with van der Waals surface area (Å²) in [5.41, 5.74) is 1.82. The zero-order valence-electron chi connectivity index (χ0n) is 8.48. The van der Waals surface area contributed by atoms with Gasteiger partial charge in [-0.25, -0.2) is 4.39 Å². The average Bonchev–Trinajstić information content (AvgIpc) is 2.16. The van der Waals surface area contributed by atoms with Crippen LogP contribution >= 0.6 is 0 Å². The van der Waals surface area contributed by atoms with E-state index in [9.17, 15) is 4.39 Å². The van der Waals surface area contributed by atoms with Crippen LogP contribution in [0.3, 0.4) is 0 Å². The van der Waals surface area contributed by atoms with Gasteiger partial charge >= 0.3 is 0 Å². The molecule has 1 rings (SSSR count). The second-order valence-electron chi connectivity index (χ2n) is 2.51. The van der Waals surface area contributed by atoms with Gasteiger partial charge in [0.1, 0.15) is 5.82 Å². The molecule has 0 unspecified atom stereocenters. The predicted octanol–water partition coefficient (Wildman–Crippen LogP) is 3.34. The summed E-state index contributed by atoms with van der Waals surface area (Å²) in [5.74, 6) is -0.304. The molecule has 1 aromatic rings. The van der Waals surface area contributed by atoms with E-state index in [0.29, 0.717) is 11.1 Å². The molecule has 0 bridgehead atoms. The Kier molecular flexibility index (Phi) is 4.76. The largest absolute Gasteiger partial charge is 0.207 e. The van der Waals surface area contributed by atoms with Crippen LogP contribution in [0, 0.1) is 31.0 Å². The predicted molar refractivity (Wildman–Crippen MR) is 51.9 cm³/mol. The van der Waals surface area contributed by atoms with Gasteiger partial charge < -0.3 is 0 Å². The molecule has 1 nitrogen and oxygen atoms in total. The fourth-order valence-corrected chi connectivity index (χ4v) is 0.881. The Balaban J connectivity index is 0.000000671. The summed E-state index contributed by atoms with van der Waals surface area (Å²) >= 11 is 0. The topological polar surface area (TPSA) is 23.8 Å². The van der Waals surface area contributed by atoms with Crippen LogP contribution in [-0.4, -0.2) is 0 Å². The van der Waals surface area contributed by atoms with Crippen molar-refractivity contribution in [1.29, 1.82) is 5.26 Å². The summed E-state index contributed by atoms with van der Waals surface area (Å²) in [5, 5.41) is 8.46. The van der Waals surface area contributed by atoms with Crippen LogP contribution in [0.4, 0.5) is 4.39 Å². The first-order valence-corrected chi connectivity index (χ1v) is 4.32. The molecule has 0 spiro atoms. The number of halogens is 1. The number of rotatable bonds is 0. The first-order valence-electron chi connectivity index (χ1n) is 4.32. The van der Waals surface area contributed by atoms with Gasteiger partial charge in [0.25, 0.3) is 0 Å². The van der Waals surface area contributed by atoms with Gasteiger partial charge in [-0.15, -0.1) is 0 Å². The van der Waals surface area contributed by atoms with E-state index in [2.05, 4.69) is 0 Å². The van der Waals surface area contributed by atoms with E-state index in [1.165, 1.54) is 6.07 Å². The highest BCUT2D eigenvalue weighted by Gasteiger charge is 2.01. The van der Waals surface area contributed by atoms with Gasteiger partial charge in [-0.05, 0) is 37.1 Å². The molecule has 0 atom stereocenters. The van der Waals surface area contributed by atoms with Crippen LogP contribution in [0.1, 0.15) is 30.5 Å². The number of hydrogen-bond acceptors (Lipinski definition) is 1. The molecular formula is C11H14FN. The van der Waals surface area contributed by atoms with Gasteiger partial charge in [0.05, 0.1) is 11.6 Å². The van der Waals surface area contributed by atoms with Crippen molar-refractivity contribution in [2.75, 3.05) is 0 Å². The molecule has 0 aliphatic heterocycles. The fraction of sp³-hybridized carbons (Fsp3) is 0.364. The van der Waals surface area contributed by atoms with Crippen LogP contribution < -0.4 is 0 Å². The third-order valence-electron chi connectivity index (χ3n) is 1.73. The van der Waals surface area contributed by atoms with Crippen molar-refractivity contribution in [3.8, 4) is 6.07 Å². The van der Waals surface area contributed by atoms with Crippen molar-refractivity contribution in [3.63, 3.8) is 0 Å². The fourth-order valence-electron chi connectivity index (χ4n) is 0.881. The highest BCUT2D eigenvalue weighted by atomic mass is 19.1. The Morgan fingerprint density at radius 2 is 1.77 bits per heavy atom. The number of hydrogen-bond donors (Lipinski definition) is 0. The normalized spacial score (nSPS) is 8.31. The Bertz CT molecular complexity index is 300. The highest BCUT2D eigenvalue weighted by molar-refractivity contribution is 5.37. The lowest BCUT2D eigenvalue weighted by Crippen LogP contribution is -1.88. The minimum Gasteiger partial charge on any atom is -0.207 e. The summed E-state index contributed by atoms with van der Waals surface area (Å²) in [6.07, 6.45) is 0. The molecule has 1 aromatic carbocycles. The molecule has 0 aliphatic carbocycles. The minimum absolute atomic E-state index is 0.304. The maximum Gasteiger partial charge on any atom is 0.127 e. The molecule has 2 heteroatoms. The van der Waals surface area contributed by atoms with Crippen molar-refractivity contribution >= 4 is 0 Å². The van der Waals surface area contributed by atoms with E-state index in [1.807, 2.05) is 19.9 Å². The summed E-state index contributed by atoms with van der Waals surface area (Å²) in [7, 11) is 0. The van der Waals surface area contributed by atoms with E-state index in [0.717, 1.165) is 5.56 Å². The number of aryl methyl sites for hydroxylation is 1. The number of benzene rings is 1. The molecule has 0 N–H and O–H groups in total. The average molecular weight is 179 g/mol. The second-order valence-corrected chi connectivity index (χ2v) is 2.51. The summed E-state index contributed by atoms with van der Waals surface area (Å²) in [6.45, 7) is 7.49. The smallest absolute Gasteiger partial charge is 0.127 e. The van der Waals surface area contributed by atoms with Crippen LogP contribution in [0.2, 0.25) is 0 Å². The molecule has 0 amide bonds. The Hall–Kier alpha value is -1.36. The SMILES string of the molecule is CC.Cc1cc(C#N)cc(F)c1C. The van der Waals surface area contributed by atoms with E-state index in [-0.39, 0.29) is 5.82 Å². The quantitative estimate of drug-likeness (QED) is 0.599. The second kappa shape index (κ2) is 5.31. The molecule has 0 aliphatic rings. The van der Waals surface area contributed by atoms with Gasteiger partial charge in [-0.2, -0.15) is 5.26 Å². The lowest BCUT2D eigenvalue weighted by molar-refractivity contribution is 0.616. The molecule has 0 saturated carbocycles. The molecule has 13 heavy (non-hydrogen) atoms. The standard InChI is InChI=1S/C9H8FN.C2H6/c1-6-3-8(5-11)4-9(10)7(6)2;1-2/h3-4H,1-2H3;1-2H3. The van der Waals surface area contributed by atoms with E-state index in [4.69, 9.17) is 5.26 Å². The van der Waals surface area contributed by atoms with Crippen LogP contribution in [0.25, 0.3) is 0 Å². The van der Waals surface area contributed by atoms with Crippen molar-refractivity contribution < 1.29 is 4.39 Å². The van der Waals surface area contributed by atoms with E-state index < -0.39 is 0 Å². The Morgan fingerprint density at radius 1 is 1.23 bits per heavy atom. The Labute approximate surface area is 78.8 Å². The molecule has 0 fully saturated rings. The third kappa shape index (κ3) is 2.87. The van der Waals surface area contributed by atoms with E-state index >= 15 is 0 Å². The summed E-state index contributed by atoms with van der Waals surface area (Å²) in [6, 6.07) is 4.83. The van der Waals surface area contributed by atoms with Crippen molar-refractivity contribution in [2.45, 2.75) is 27.7 Å². The highest BCUT2D eigenvalue weighted by Crippen LogP contribution is 2.13. The zero-order valence-corrected chi connectivity index (χ0v) is 8.48. The molecule has 0 saturated heterocycles. The minimum atomic E-state index is -0.304. The number of nitrogens with zero attached hydrogens (tertiary/aromatic N) is 1. The molecule has 0 radical (unpaired) electrons. The monoisotopic (exact) mass is 179 g/mol. The molecule has 0 heterocycles. The van der Waals surface area contributed by atoms with Gasteiger partial charge in [0.2, 0.25) is 0 Å². The van der Waals surface area contributed by atoms with Crippen molar-refractivity contribution in [1.82, 2.24) is 0 Å². The van der Waals surface area contributed by atoms with Crippen LogP contribution in [-0.2, 0) is 0 Å². The summed E-state index contributed by atoms with van der Waals surface area (Å²) < 4.78 is 12.9. The van der Waals surface area contributed by atoms with Crippen molar-refractivity contribution in [3.05, 3.63) is 34.6 Å². The maximum atomic E-state index is 12.9. The van der Waals surface area contributed by atoms with Crippen LogP contribution in [0.5, 0.6) is 0 Å². The first-order chi connectivity index (χ1) is 6.15. The van der Waals surface area contributed by atoms with Crippen LogP contribution in [0.15, 0.2) is 12.1 Å². The zero-order chi connectivity index (χ0) is 10.4. The molecule has 70 valence electrons. The lowest BCUT2D eigenvalue weighted by Gasteiger charge is -2.00. The van der Waals surface area contributed by atoms with E-state index in [1.54, 1.807) is 19.9 Å². The number of nitriles is 1. The van der Waals surface area contributed by atoms with Crippen molar-refractivity contribution in [2.24, 2.45) is 0 Å². The van der Waals surface area contributed by atoms with Gasteiger partial charge in [-0.1, -0.05) is 13.8 Å². The van der Waals surface area contributed by atoms with Gasteiger partial charge in [-0.3, -0.25) is 0 Å². The summed E-state index contributed by atoms with van der Waals surface area (Å²) in [4.78, 5) is 0. The van der Waals surface area contributed by atoms with Gasteiger partial charge in [0.15, 0.2) is 0 Å². The molecular weight excluding hydrogens is 165 g/mol. The maximum absolute atomic E-state index is 12.9.